The summed E-state index contributed by atoms with van der Waals surface area (Å²) in [5.74, 6) is 0. The molecular weight excluding hydrogens is 458 g/mol. The maximum Gasteiger partial charge on any atom is 0.203 e. The van der Waals surface area contributed by atoms with Gasteiger partial charge in [0, 0.05) is 33.9 Å². The lowest BCUT2D eigenvalue weighted by Gasteiger charge is -2.11. The molecule has 2 nitrogen and oxygen atoms in total. The molecule has 0 heterocycles. The molecule has 0 aliphatic carbocycles. The van der Waals surface area contributed by atoms with Crippen LogP contribution in [0.15, 0.2) is 72.8 Å². The predicted octanol–water partition coefficient (Wildman–Crippen LogP) is 3.24. The van der Waals surface area contributed by atoms with Crippen LogP contribution in [0.2, 0.25) is 20.1 Å². The number of benzene rings is 3. The summed E-state index contributed by atoms with van der Waals surface area (Å²) in [6.45, 7) is 0. The molecule has 3 aromatic rings. The molecule has 0 atom stereocenters. The Kier molecular flexibility index (Phi) is 8.68. The highest BCUT2D eigenvalue weighted by Gasteiger charge is 2.06. The van der Waals surface area contributed by atoms with Gasteiger partial charge in [-0.15, -0.1) is 0 Å². The third-order valence-electron chi connectivity index (χ3n) is 3.70. The van der Waals surface area contributed by atoms with E-state index in [0.717, 1.165) is 22.6 Å². The first-order chi connectivity index (χ1) is 13.0. The van der Waals surface area contributed by atoms with Crippen molar-refractivity contribution in [2.45, 2.75) is 0 Å². The monoisotopic (exact) mass is 470 g/mol. The number of allylic oxidation sites excluding steroid dienone is 1. The fourth-order valence-corrected chi connectivity index (χ4v) is 2.88. The molecule has 3 rings (SSSR count). The number of hydrogen-bond donors (Lipinski definition) is 2. The second-order valence-corrected chi connectivity index (χ2v) is 7.35. The van der Waals surface area contributed by atoms with Crippen molar-refractivity contribution in [2.24, 2.45) is 0 Å². The first-order valence-electron chi connectivity index (χ1n) is 8.05. The van der Waals surface area contributed by atoms with Gasteiger partial charge in [-0.25, -0.2) is 4.99 Å². The van der Waals surface area contributed by atoms with E-state index in [-0.39, 0.29) is 12.4 Å². The van der Waals surface area contributed by atoms with Crippen molar-refractivity contribution in [3.63, 3.8) is 0 Å². The highest BCUT2D eigenvalue weighted by atomic mass is 35.5. The Morgan fingerprint density at radius 3 is 1.96 bits per heavy atom. The molecule has 3 aromatic carbocycles. The normalized spacial score (nSPS) is 11.4. The Hall–Kier alpha value is -1.68. The Bertz CT molecular complexity index is 981. The molecule has 0 amide bonds. The topological polar surface area (TPSA) is 26.0 Å². The standard InChI is InChI=1S/C21H14Cl4N2.ClH/c22-15-2-6-17(7-3-15)26-12-11-21(14-1-10-19(24)20(25)13-14)27-18-8-4-16(23)5-9-18;/h1-13,27H;1H/b21-11+,26-12?;. The maximum atomic E-state index is 6.18. The summed E-state index contributed by atoms with van der Waals surface area (Å²) in [4.78, 5) is 3.21. The zero-order valence-corrected chi connectivity index (χ0v) is 18.2. The number of halogens is 5. The minimum Gasteiger partial charge on any atom is -1.00 e. The molecule has 0 aliphatic rings. The molecule has 0 fully saturated rings. The van der Waals surface area contributed by atoms with Crippen LogP contribution in [-0.4, -0.2) is 6.21 Å². The lowest BCUT2D eigenvalue weighted by Crippen LogP contribution is -3.00. The average Bonchev–Trinajstić information content (AvgIpc) is 2.66. The van der Waals surface area contributed by atoms with E-state index in [2.05, 4.69) is 10.3 Å². The van der Waals surface area contributed by atoms with Crippen LogP contribution in [0.25, 0.3) is 5.70 Å². The smallest absolute Gasteiger partial charge is 0.203 e. The number of anilines is 1. The van der Waals surface area contributed by atoms with E-state index in [1.807, 2.05) is 73.0 Å². The zero-order valence-electron chi connectivity index (χ0n) is 14.4. The van der Waals surface area contributed by atoms with Gasteiger partial charge in [0.15, 0.2) is 6.21 Å². The molecule has 2 N–H and O–H groups in total. The molecule has 0 aliphatic heterocycles. The zero-order chi connectivity index (χ0) is 19.2. The summed E-state index contributed by atoms with van der Waals surface area (Å²) >= 11 is 24.1. The van der Waals surface area contributed by atoms with Crippen LogP contribution in [0, 0.1) is 0 Å². The molecular formula is C21H15Cl5N2. The molecule has 0 unspecified atom stereocenters. The van der Waals surface area contributed by atoms with Crippen LogP contribution in [0.4, 0.5) is 11.4 Å². The van der Waals surface area contributed by atoms with Gasteiger partial charge in [-0.2, -0.15) is 0 Å². The van der Waals surface area contributed by atoms with E-state index in [9.17, 15) is 0 Å². The van der Waals surface area contributed by atoms with E-state index >= 15 is 0 Å². The van der Waals surface area contributed by atoms with Crippen LogP contribution < -0.4 is 22.7 Å². The summed E-state index contributed by atoms with van der Waals surface area (Å²) in [5, 5.41) is 5.74. The Morgan fingerprint density at radius 1 is 0.750 bits per heavy atom. The van der Waals surface area contributed by atoms with E-state index < -0.39 is 0 Å². The van der Waals surface area contributed by atoms with Gasteiger partial charge in [-0.1, -0.05) is 52.5 Å². The molecule has 144 valence electrons. The van der Waals surface area contributed by atoms with Gasteiger partial charge in [0.1, 0.15) is 0 Å². The molecule has 0 saturated heterocycles. The van der Waals surface area contributed by atoms with Crippen molar-refractivity contribution in [3.8, 4) is 0 Å². The first-order valence-corrected chi connectivity index (χ1v) is 9.56. The predicted molar refractivity (Wildman–Crippen MR) is 118 cm³/mol. The lowest BCUT2D eigenvalue weighted by molar-refractivity contribution is -0.346. The average molecular weight is 473 g/mol. The number of nitrogens with one attached hydrogen (secondary N) is 2. The number of rotatable bonds is 5. The van der Waals surface area contributed by atoms with Crippen LogP contribution in [0.3, 0.4) is 0 Å². The van der Waals surface area contributed by atoms with Crippen molar-refractivity contribution in [1.29, 1.82) is 0 Å². The van der Waals surface area contributed by atoms with Gasteiger partial charge < -0.3 is 17.7 Å². The Balaban J connectivity index is 0.00000280. The minimum atomic E-state index is 0. The summed E-state index contributed by atoms with van der Waals surface area (Å²) in [6, 6.07) is 20.4. The van der Waals surface area contributed by atoms with Gasteiger partial charge in [-0.05, 0) is 54.1 Å². The summed E-state index contributed by atoms with van der Waals surface area (Å²) in [6.07, 6.45) is 3.76. The van der Waals surface area contributed by atoms with Crippen LogP contribution in [0.5, 0.6) is 0 Å². The summed E-state index contributed by atoms with van der Waals surface area (Å²) in [5.41, 5.74) is 3.57. The second-order valence-electron chi connectivity index (χ2n) is 5.66. The van der Waals surface area contributed by atoms with Gasteiger partial charge in [0.25, 0.3) is 0 Å². The molecule has 0 bridgehead atoms. The third kappa shape index (κ3) is 6.44. The fourth-order valence-electron chi connectivity index (χ4n) is 2.33. The molecule has 0 aromatic heterocycles. The highest BCUT2D eigenvalue weighted by molar-refractivity contribution is 6.42. The van der Waals surface area contributed by atoms with Crippen LogP contribution >= 0.6 is 46.4 Å². The van der Waals surface area contributed by atoms with Gasteiger partial charge in [-0.3, -0.25) is 0 Å². The molecule has 0 saturated carbocycles. The van der Waals surface area contributed by atoms with E-state index in [4.69, 9.17) is 46.4 Å². The van der Waals surface area contributed by atoms with Crippen molar-refractivity contribution >= 4 is 69.7 Å². The van der Waals surface area contributed by atoms with Gasteiger partial charge in [0.05, 0.1) is 15.7 Å². The third-order valence-corrected chi connectivity index (χ3v) is 4.94. The van der Waals surface area contributed by atoms with Crippen LogP contribution in [-0.2, 0) is 0 Å². The second kappa shape index (κ2) is 10.8. The SMILES string of the molecule is Clc1ccc(N/C(=C/C=[NH+]c2ccc(Cl)cc2)c2ccc(Cl)c(Cl)c2)cc1.[Cl-]. The van der Waals surface area contributed by atoms with Crippen molar-refractivity contribution in [2.75, 3.05) is 5.32 Å². The van der Waals surface area contributed by atoms with Crippen molar-refractivity contribution in [1.82, 2.24) is 0 Å². The van der Waals surface area contributed by atoms with Crippen LogP contribution in [0.1, 0.15) is 5.56 Å². The maximum absolute atomic E-state index is 6.18. The lowest BCUT2D eigenvalue weighted by atomic mass is 10.1. The van der Waals surface area contributed by atoms with E-state index in [0.29, 0.717) is 20.1 Å². The van der Waals surface area contributed by atoms with E-state index in [1.54, 1.807) is 6.07 Å². The molecule has 0 radical (unpaired) electrons. The summed E-state index contributed by atoms with van der Waals surface area (Å²) < 4.78 is 0. The number of hydrogen-bond acceptors (Lipinski definition) is 1. The molecule has 7 heteroatoms. The molecule has 28 heavy (non-hydrogen) atoms. The van der Waals surface area contributed by atoms with E-state index in [1.165, 1.54) is 0 Å². The summed E-state index contributed by atoms with van der Waals surface area (Å²) in [7, 11) is 0. The first kappa shape index (κ1) is 22.6. The van der Waals surface area contributed by atoms with Gasteiger partial charge in [0.2, 0.25) is 5.69 Å². The minimum absolute atomic E-state index is 0. The van der Waals surface area contributed by atoms with Gasteiger partial charge >= 0.3 is 0 Å². The van der Waals surface area contributed by atoms with Crippen molar-refractivity contribution in [3.05, 3.63) is 98.5 Å². The quantitative estimate of drug-likeness (QED) is 0.548. The van der Waals surface area contributed by atoms with Crippen molar-refractivity contribution < 1.29 is 17.4 Å². The highest BCUT2D eigenvalue weighted by Crippen LogP contribution is 2.27. The Labute approximate surface area is 190 Å². The molecule has 0 spiro atoms. The largest absolute Gasteiger partial charge is 1.00 e. The Morgan fingerprint density at radius 2 is 1.36 bits per heavy atom. The fraction of sp³-hybridized carbons (Fsp3) is 0.